The highest BCUT2D eigenvalue weighted by molar-refractivity contribution is 6.20. The number of hydrogen-bond donors (Lipinski definition) is 0. The number of para-hydroxylation sites is 4. The number of anilines is 6. The van der Waals surface area contributed by atoms with E-state index < -0.39 is 0 Å². The summed E-state index contributed by atoms with van der Waals surface area (Å²) in [5.74, 6) is 0.201. The van der Waals surface area contributed by atoms with Crippen LogP contribution in [-0.4, -0.2) is 0 Å². The van der Waals surface area contributed by atoms with Crippen molar-refractivity contribution in [1.82, 2.24) is 0 Å². The van der Waals surface area contributed by atoms with Gasteiger partial charge in [0.2, 0.25) is 0 Å². The van der Waals surface area contributed by atoms with Gasteiger partial charge in [0, 0.05) is 61.2 Å². The third kappa shape index (κ3) is 5.52. The first kappa shape index (κ1) is 33.1. The molecule has 2 aromatic heterocycles. The molecule has 272 valence electrons. The smallest absolute Gasteiger partial charge is 0.139 e. The molecule has 0 spiro atoms. The molecular weight excluding hydrogens is 697 g/mol. The minimum absolute atomic E-state index is 0.201. The summed E-state index contributed by atoms with van der Waals surface area (Å²) in [6, 6.07) is 66.7. The normalized spacial score (nSPS) is 11.8. The van der Waals surface area contributed by atoms with E-state index in [9.17, 15) is 0 Å². The van der Waals surface area contributed by atoms with E-state index in [1.165, 1.54) is 5.56 Å². The predicted molar refractivity (Wildman–Crippen MR) is 239 cm³/mol. The Morgan fingerprint density at radius 2 is 0.789 bits per heavy atom. The second-order valence-corrected chi connectivity index (χ2v) is 15.2. The highest BCUT2D eigenvalue weighted by atomic mass is 16.3. The molecule has 0 fully saturated rings. The number of nitrogens with zero attached hydrogens (tertiary/aromatic N) is 2. The Hall–Kier alpha value is -7.30. The summed E-state index contributed by atoms with van der Waals surface area (Å²) in [5.41, 5.74) is 11.4. The monoisotopic (exact) mass is 734 g/mol. The maximum Gasteiger partial charge on any atom is 0.139 e. The lowest BCUT2D eigenvalue weighted by Gasteiger charge is -2.25. The third-order valence-corrected chi connectivity index (χ3v) is 11.3. The first-order valence-electron chi connectivity index (χ1n) is 19.6. The van der Waals surface area contributed by atoms with Crippen molar-refractivity contribution < 1.29 is 8.83 Å². The highest BCUT2D eigenvalue weighted by Crippen LogP contribution is 2.46. The van der Waals surface area contributed by atoms with E-state index in [4.69, 9.17) is 8.83 Å². The van der Waals surface area contributed by atoms with Crippen molar-refractivity contribution in [2.24, 2.45) is 0 Å². The molecule has 0 bridgehead atoms. The van der Waals surface area contributed by atoms with Gasteiger partial charge in [0.1, 0.15) is 22.3 Å². The molecule has 0 saturated carbocycles. The molecular formula is C53H38N2O2. The van der Waals surface area contributed by atoms with E-state index in [-0.39, 0.29) is 5.92 Å². The van der Waals surface area contributed by atoms with E-state index in [0.717, 1.165) is 99.5 Å². The fourth-order valence-corrected chi connectivity index (χ4v) is 8.69. The van der Waals surface area contributed by atoms with Crippen LogP contribution in [0.1, 0.15) is 25.3 Å². The van der Waals surface area contributed by atoms with Crippen LogP contribution in [0.25, 0.3) is 65.4 Å². The Labute approximate surface area is 330 Å². The van der Waals surface area contributed by atoms with Crippen molar-refractivity contribution in [3.63, 3.8) is 0 Å². The van der Waals surface area contributed by atoms with Crippen LogP contribution in [0.2, 0.25) is 0 Å². The summed E-state index contributed by atoms with van der Waals surface area (Å²) >= 11 is 0. The first-order valence-corrected chi connectivity index (χ1v) is 19.6. The predicted octanol–water partition coefficient (Wildman–Crippen LogP) is 15.9. The summed E-state index contributed by atoms with van der Waals surface area (Å²) < 4.78 is 13.7. The maximum absolute atomic E-state index is 6.90. The van der Waals surface area contributed by atoms with Crippen LogP contribution in [0.4, 0.5) is 34.1 Å². The average Bonchev–Trinajstić information content (AvgIpc) is 3.79. The molecule has 11 aromatic rings. The number of furan rings is 2. The Kier molecular flexibility index (Phi) is 7.65. The van der Waals surface area contributed by atoms with Gasteiger partial charge in [0.25, 0.3) is 0 Å². The van der Waals surface area contributed by atoms with Crippen molar-refractivity contribution in [1.29, 1.82) is 0 Å². The zero-order valence-corrected chi connectivity index (χ0v) is 31.7. The lowest BCUT2D eigenvalue weighted by molar-refractivity contribution is 0.655. The zero-order valence-electron chi connectivity index (χ0n) is 31.7. The van der Waals surface area contributed by atoms with Crippen molar-refractivity contribution in [3.05, 3.63) is 194 Å². The summed E-state index contributed by atoms with van der Waals surface area (Å²) in [4.78, 5) is 4.59. The van der Waals surface area contributed by atoms with E-state index in [0.29, 0.717) is 0 Å². The molecule has 4 heteroatoms. The highest BCUT2D eigenvalue weighted by Gasteiger charge is 2.23. The van der Waals surface area contributed by atoms with Gasteiger partial charge in [-0.05, 0) is 131 Å². The Bertz CT molecular complexity index is 3080. The van der Waals surface area contributed by atoms with Crippen LogP contribution in [0.5, 0.6) is 0 Å². The zero-order chi connectivity index (χ0) is 38.0. The van der Waals surface area contributed by atoms with Gasteiger partial charge in [-0.25, -0.2) is 0 Å². The van der Waals surface area contributed by atoms with Gasteiger partial charge in [-0.15, -0.1) is 0 Å². The summed E-state index contributed by atoms with van der Waals surface area (Å²) in [6.07, 6.45) is 0. The molecule has 0 unspecified atom stereocenters. The first-order chi connectivity index (χ1) is 28.1. The molecule has 9 aromatic carbocycles. The average molecular weight is 735 g/mol. The molecule has 11 rings (SSSR count). The van der Waals surface area contributed by atoms with Crippen LogP contribution in [0, 0.1) is 0 Å². The van der Waals surface area contributed by atoms with E-state index in [1.807, 2.05) is 0 Å². The second-order valence-electron chi connectivity index (χ2n) is 15.2. The van der Waals surface area contributed by atoms with E-state index >= 15 is 0 Å². The lowest BCUT2D eigenvalue weighted by Crippen LogP contribution is -2.09. The van der Waals surface area contributed by atoms with Gasteiger partial charge < -0.3 is 18.6 Å². The van der Waals surface area contributed by atoms with Crippen molar-refractivity contribution in [3.8, 4) is 0 Å². The number of benzene rings is 9. The Morgan fingerprint density at radius 3 is 1.25 bits per heavy atom. The summed E-state index contributed by atoms with van der Waals surface area (Å²) in [7, 11) is 0. The molecule has 2 heterocycles. The number of hydrogen-bond acceptors (Lipinski definition) is 4. The lowest BCUT2D eigenvalue weighted by atomic mass is 9.93. The molecule has 0 amide bonds. The van der Waals surface area contributed by atoms with Gasteiger partial charge in [-0.1, -0.05) is 98.8 Å². The molecule has 0 aliphatic carbocycles. The Balaban J connectivity index is 1.06. The third-order valence-electron chi connectivity index (χ3n) is 11.3. The molecule has 0 aliphatic rings. The largest absolute Gasteiger partial charge is 0.456 e. The van der Waals surface area contributed by atoms with Gasteiger partial charge >= 0.3 is 0 Å². The van der Waals surface area contributed by atoms with E-state index in [2.05, 4.69) is 212 Å². The molecule has 0 radical (unpaired) electrons. The van der Waals surface area contributed by atoms with Gasteiger partial charge in [-0.3, -0.25) is 0 Å². The molecule has 0 saturated heterocycles. The number of fused-ring (bicyclic) bond motifs is 8. The molecule has 0 aliphatic heterocycles. The topological polar surface area (TPSA) is 32.8 Å². The fraction of sp³-hybridized carbons (Fsp3) is 0.0566. The van der Waals surface area contributed by atoms with Crippen LogP contribution in [0.3, 0.4) is 0 Å². The van der Waals surface area contributed by atoms with Crippen molar-refractivity contribution >= 4 is 99.5 Å². The maximum atomic E-state index is 6.90. The molecule has 0 N–H and O–H groups in total. The SMILES string of the molecule is CC(C)c1c2oc3cc4cc(N(c5ccccc5)c5ccccc5)ccc4cc3c2cc2oc3cc4cc(N(c5ccccc5)c5ccccc5)ccc4cc3c12. The summed E-state index contributed by atoms with van der Waals surface area (Å²) in [6.45, 7) is 4.50. The van der Waals surface area contributed by atoms with Gasteiger partial charge in [-0.2, -0.15) is 0 Å². The van der Waals surface area contributed by atoms with Gasteiger partial charge in [0.05, 0.1) is 0 Å². The summed E-state index contributed by atoms with van der Waals surface area (Å²) in [5, 5.41) is 8.98. The number of rotatable bonds is 7. The van der Waals surface area contributed by atoms with Crippen LogP contribution < -0.4 is 9.80 Å². The molecule has 0 atom stereocenters. The minimum atomic E-state index is 0.201. The fourth-order valence-electron chi connectivity index (χ4n) is 8.69. The molecule has 4 nitrogen and oxygen atoms in total. The second kappa shape index (κ2) is 13.2. The standard InChI is InChI=1S/C53H38N2O2/c1-34(2)51-52-47-30-36-24-26-44(55(41-19-11-5-12-20-41)42-21-13-6-14-22-42)28-38(36)32-49(47)56-50(52)33-46-45-29-35-23-25-43(27-37(35)31-48(45)57-53(46)51)54(39-15-7-3-8-16-39)40-17-9-4-10-18-40/h3-34H,1-2H3. The van der Waals surface area contributed by atoms with E-state index in [1.54, 1.807) is 0 Å². The Morgan fingerprint density at radius 1 is 0.351 bits per heavy atom. The van der Waals surface area contributed by atoms with Crippen LogP contribution in [0.15, 0.2) is 197 Å². The van der Waals surface area contributed by atoms with Crippen LogP contribution >= 0.6 is 0 Å². The van der Waals surface area contributed by atoms with Crippen LogP contribution in [-0.2, 0) is 0 Å². The molecule has 57 heavy (non-hydrogen) atoms. The van der Waals surface area contributed by atoms with Crippen molar-refractivity contribution in [2.45, 2.75) is 19.8 Å². The van der Waals surface area contributed by atoms with Crippen molar-refractivity contribution in [2.75, 3.05) is 9.80 Å². The quantitative estimate of drug-likeness (QED) is 0.163. The minimum Gasteiger partial charge on any atom is -0.456 e. The van der Waals surface area contributed by atoms with Gasteiger partial charge in [0.15, 0.2) is 0 Å².